The van der Waals surface area contributed by atoms with E-state index in [1.165, 1.54) is 14.2 Å². The summed E-state index contributed by atoms with van der Waals surface area (Å²) in [5, 5.41) is 17.0. The van der Waals surface area contributed by atoms with Gasteiger partial charge in [0.05, 0.1) is 42.8 Å². The van der Waals surface area contributed by atoms with Gasteiger partial charge in [-0.15, -0.1) is 0 Å². The Bertz CT molecular complexity index is 2880. The maximum Gasteiger partial charge on any atom is 0.312 e. The molecule has 96 heavy (non-hydrogen) atoms. The van der Waals surface area contributed by atoms with Crippen LogP contribution in [-0.2, 0) is 70.4 Å². The number of Topliss-reactive ketones (excluding diaryl/α,β-unsaturated/α-hetero) is 2. The molecule has 4 rings (SSSR count). The van der Waals surface area contributed by atoms with Crippen molar-refractivity contribution in [1.29, 1.82) is 0 Å². The number of likely N-dealkylation sites (tertiary alicyclic amines) is 2. The number of benzene rings is 2. The summed E-state index contributed by atoms with van der Waals surface area (Å²) >= 11 is 0. The lowest BCUT2D eigenvalue weighted by atomic mass is 9.85. The van der Waals surface area contributed by atoms with Gasteiger partial charge in [0.2, 0.25) is 47.3 Å². The van der Waals surface area contributed by atoms with E-state index in [1.807, 2.05) is 97.8 Å². The van der Waals surface area contributed by atoms with Crippen LogP contribution in [0.15, 0.2) is 54.6 Å². The lowest BCUT2D eigenvalue weighted by Gasteiger charge is -2.41. The van der Waals surface area contributed by atoms with Crippen LogP contribution >= 0.6 is 0 Å². The Labute approximate surface area is 570 Å². The van der Waals surface area contributed by atoms with Crippen LogP contribution in [-0.4, -0.2) is 195 Å². The zero-order chi connectivity index (χ0) is 71.7. The molecule has 536 valence electrons. The van der Waals surface area contributed by atoms with Gasteiger partial charge in [-0.2, -0.15) is 0 Å². The van der Waals surface area contributed by atoms with Crippen molar-refractivity contribution in [2.45, 2.75) is 195 Å². The number of nitrogens with zero attached hydrogens (tertiary/aromatic N) is 4. The monoisotopic (exact) mass is 1340 g/mol. The zero-order valence-electron chi connectivity index (χ0n) is 60.1. The first-order chi connectivity index (χ1) is 45.4. The van der Waals surface area contributed by atoms with E-state index in [-0.39, 0.29) is 141 Å². The number of ether oxygens (including phenoxy) is 2. The van der Waals surface area contributed by atoms with Gasteiger partial charge < -0.3 is 61.8 Å². The van der Waals surface area contributed by atoms with Gasteiger partial charge in [0.25, 0.3) is 0 Å². The SMILES string of the molecule is CC[C@H](C)[C@@H]([C@@H](CC(=O)N1CCC[C@H]1[C@H](OC)[C@@H](C)C(=O)C[C@@H](Cc1ccccc1)C(=O)NCc1ccc(NC(=O)[C@H](CCCNC(N)=O)CC(=O)[C@@H](NC(=O)CCC(=O)N2CCC(C(=O)NC)C(C)C2)C(C)C)cc1)OC)N(C)C(=O)[C@@H](NC(=O)[C@H](C(C)C)N(C)C)C(C)C. The fourth-order valence-electron chi connectivity index (χ4n) is 13.8. The van der Waals surface area contributed by atoms with Gasteiger partial charge in [-0.05, 0) is 105 Å². The molecular weight excluding hydrogens is 1230 g/mol. The summed E-state index contributed by atoms with van der Waals surface area (Å²) in [6.07, 6.45) is 1.19. The first-order valence-electron chi connectivity index (χ1n) is 34.6. The number of likely N-dealkylation sites (N-methyl/N-ethyl adjacent to an activating group) is 2. The number of ketones is 2. The minimum atomic E-state index is -0.954. The molecule has 0 spiro atoms. The van der Waals surface area contributed by atoms with E-state index in [9.17, 15) is 52.7 Å². The molecular formula is C72H115N11O13. The quantitative estimate of drug-likeness (QED) is 0.0385. The lowest BCUT2D eigenvalue weighted by molar-refractivity contribution is -0.148. The van der Waals surface area contributed by atoms with Gasteiger partial charge >= 0.3 is 6.03 Å². The molecule has 2 aromatic carbocycles. The number of amides is 10. The van der Waals surface area contributed by atoms with Gasteiger partial charge in [0, 0.05) is 116 Å². The lowest BCUT2D eigenvalue weighted by Crippen LogP contribution is -2.59. The van der Waals surface area contributed by atoms with E-state index < -0.39 is 78.0 Å². The minimum absolute atomic E-state index is 0.00189. The van der Waals surface area contributed by atoms with Crippen LogP contribution < -0.4 is 37.6 Å². The van der Waals surface area contributed by atoms with Crippen molar-refractivity contribution in [2.24, 2.45) is 59.0 Å². The Morgan fingerprint density at radius 2 is 1.33 bits per heavy atom. The summed E-state index contributed by atoms with van der Waals surface area (Å²) in [5.41, 5.74) is 7.26. The van der Waals surface area contributed by atoms with Crippen molar-refractivity contribution in [3.05, 3.63) is 65.7 Å². The Balaban J connectivity index is 1.43. The molecule has 13 atom stereocenters. The summed E-state index contributed by atoms with van der Waals surface area (Å²) in [6, 6.07) is 12.3. The highest BCUT2D eigenvalue weighted by atomic mass is 16.5. The smallest absolute Gasteiger partial charge is 0.312 e. The number of piperidine rings is 1. The van der Waals surface area contributed by atoms with Crippen molar-refractivity contribution in [3.8, 4) is 0 Å². The molecule has 2 fully saturated rings. The van der Waals surface area contributed by atoms with Crippen LogP contribution in [0.3, 0.4) is 0 Å². The minimum Gasteiger partial charge on any atom is -0.379 e. The number of carbonyl (C=O) groups is 11. The van der Waals surface area contributed by atoms with Gasteiger partial charge in [0.1, 0.15) is 11.8 Å². The van der Waals surface area contributed by atoms with Crippen molar-refractivity contribution < 1.29 is 62.2 Å². The third-order valence-electron chi connectivity index (χ3n) is 19.5. The first kappa shape index (κ1) is 81.1. The average Bonchev–Trinajstić information content (AvgIpc) is 1.34. The number of primary amides is 1. The predicted molar refractivity (Wildman–Crippen MR) is 369 cm³/mol. The van der Waals surface area contributed by atoms with Crippen molar-refractivity contribution in [2.75, 3.05) is 73.9 Å². The molecule has 2 aromatic rings. The fraction of sp³-hybridized carbons (Fsp3) is 0.681. The highest BCUT2D eigenvalue weighted by Crippen LogP contribution is 2.32. The highest BCUT2D eigenvalue weighted by molar-refractivity contribution is 5.98. The molecule has 0 bridgehead atoms. The van der Waals surface area contributed by atoms with Gasteiger partial charge in [-0.1, -0.05) is 118 Å². The number of carbonyl (C=O) groups excluding carboxylic acids is 11. The Morgan fingerprint density at radius 1 is 0.688 bits per heavy atom. The maximum atomic E-state index is 14.7. The van der Waals surface area contributed by atoms with Crippen LogP contribution in [0.5, 0.6) is 0 Å². The highest BCUT2D eigenvalue weighted by Gasteiger charge is 2.44. The molecule has 24 heteroatoms. The summed E-state index contributed by atoms with van der Waals surface area (Å²) in [5.74, 6) is -6.18. The second-order valence-electron chi connectivity index (χ2n) is 27.8. The second-order valence-corrected chi connectivity index (χ2v) is 27.8. The molecule has 10 amide bonds. The Hall–Kier alpha value is -7.31. The third kappa shape index (κ3) is 24.0. The second kappa shape index (κ2) is 39.8. The fourth-order valence-corrected chi connectivity index (χ4v) is 13.8. The normalized spacial score (nSPS) is 18.8. The standard InChI is InChI=1S/C72H115N11O13/c1-17-46(8)65(81(14)71(93)63(44(4)5)79-70(92)64(45(6)7)80(12)13)58(95-15)40-61(88)83-35-22-26-55(83)66(96-16)48(10)56(84)39-52(37-49-23-19-18-20-24-49)67(89)76-41-50-27-29-53(30-28-50)77-68(90)51(25-21-34-75-72(73)94)38-57(85)62(43(2)3)78-59(86)31-32-60(87)82-36-33-54(47(9)42-82)69(91)74-11/h18-20,23-24,27-30,43-48,51-52,54-55,58,62-66H,17,21-22,25-26,31-42H2,1-16H3,(H,74,91)(H,76,89)(H,77,90)(H,78,86)(H,79,92)(H3,73,75,94)/t46-,47?,48-,51+,52+,54?,55-,58+,62-,63-,64-,65-,66+/m0/s1. The number of hydrogen-bond donors (Lipinski definition) is 7. The molecule has 2 aliphatic heterocycles. The first-order valence-corrected chi connectivity index (χ1v) is 34.6. The molecule has 0 aromatic heterocycles. The number of nitrogens with one attached hydrogen (secondary N) is 6. The van der Waals surface area contributed by atoms with Crippen LogP contribution in [0.4, 0.5) is 10.5 Å². The van der Waals surface area contributed by atoms with Crippen molar-refractivity contribution in [3.63, 3.8) is 0 Å². The molecule has 2 saturated heterocycles. The average molecular weight is 1340 g/mol. The largest absolute Gasteiger partial charge is 0.379 e. The van der Waals surface area contributed by atoms with E-state index in [0.29, 0.717) is 63.0 Å². The summed E-state index contributed by atoms with van der Waals surface area (Å²) in [4.78, 5) is 157. The van der Waals surface area contributed by atoms with E-state index in [0.717, 1.165) is 5.56 Å². The summed E-state index contributed by atoms with van der Waals surface area (Å²) in [7, 11) is 10.0. The number of anilines is 1. The van der Waals surface area contributed by atoms with E-state index in [4.69, 9.17) is 15.2 Å². The van der Waals surface area contributed by atoms with Crippen molar-refractivity contribution in [1.82, 2.24) is 46.2 Å². The number of urea groups is 1. The van der Waals surface area contributed by atoms with Crippen LogP contribution in [0, 0.1) is 53.3 Å². The third-order valence-corrected chi connectivity index (χ3v) is 19.5. The van der Waals surface area contributed by atoms with Crippen molar-refractivity contribution >= 4 is 70.5 Å². The number of hydrogen-bond acceptors (Lipinski definition) is 14. The summed E-state index contributed by atoms with van der Waals surface area (Å²) in [6.45, 7) is 20.5. The Kier molecular flexibility index (Phi) is 33.6. The van der Waals surface area contributed by atoms with Gasteiger partial charge in [0.15, 0.2) is 5.78 Å². The van der Waals surface area contributed by atoms with E-state index in [1.54, 1.807) is 73.8 Å². The predicted octanol–water partition coefficient (Wildman–Crippen LogP) is 5.88. The molecule has 2 aliphatic rings. The van der Waals surface area contributed by atoms with Crippen LogP contribution in [0.2, 0.25) is 0 Å². The van der Waals surface area contributed by atoms with Crippen LogP contribution in [0.25, 0.3) is 0 Å². The molecule has 0 aliphatic carbocycles. The molecule has 2 heterocycles. The Morgan fingerprint density at radius 3 is 1.90 bits per heavy atom. The molecule has 2 unspecified atom stereocenters. The zero-order valence-corrected chi connectivity index (χ0v) is 60.1. The maximum absolute atomic E-state index is 14.7. The topological polar surface area (TPSA) is 317 Å². The number of methoxy groups -OCH3 is 2. The van der Waals surface area contributed by atoms with E-state index in [2.05, 4.69) is 31.9 Å². The van der Waals surface area contributed by atoms with Crippen LogP contribution in [0.1, 0.15) is 151 Å². The molecule has 24 nitrogen and oxygen atoms in total. The van der Waals surface area contributed by atoms with Gasteiger partial charge in [-0.25, -0.2) is 4.79 Å². The number of rotatable bonds is 39. The van der Waals surface area contributed by atoms with Gasteiger partial charge in [-0.3, -0.25) is 52.8 Å². The summed E-state index contributed by atoms with van der Waals surface area (Å²) < 4.78 is 12.2. The number of nitrogens with two attached hydrogens (primary N) is 1. The molecule has 0 radical (unpaired) electrons. The van der Waals surface area contributed by atoms with E-state index >= 15 is 0 Å². The molecule has 8 N–H and O–H groups in total. The molecule has 0 saturated carbocycles.